The zero-order valence-corrected chi connectivity index (χ0v) is 13.6. The molecule has 1 fully saturated rings. The van der Waals surface area contributed by atoms with Crippen LogP contribution in [0.4, 0.5) is 17.6 Å². The van der Waals surface area contributed by atoms with Gasteiger partial charge >= 0.3 is 0 Å². The number of nitrogens with two attached hydrogens (primary N) is 1. The van der Waals surface area contributed by atoms with E-state index in [2.05, 4.69) is 30.3 Å². The Hall–Kier alpha value is -2.90. The molecule has 0 saturated carbocycles. The first-order valence-electron chi connectivity index (χ1n) is 8.06. The smallest absolute Gasteiger partial charge is 0.229 e. The topological polar surface area (TPSA) is 97.8 Å². The predicted octanol–water partition coefficient (Wildman–Crippen LogP) is 1.28. The molecule has 0 aliphatic carbocycles. The van der Waals surface area contributed by atoms with Crippen molar-refractivity contribution in [3.8, 4) is 0 Å². The number of nitrogen functional groups attached to an aromatic ring is 1. The van der Waals surface area contributed by atoms with Gasteiger partial charge in [-0.3, -0.25) is 4.68 Å². The van der Waals surface area contributed by atoms with E-state index >= 15 is 0 Å². The van der Waals surface area contributed by atoms with Crippen LogP contribution in [0.5, 0.6) is 0 Å². The Morgan fingerprint density at radius 3 is 3.08 bits per heavy atom. The highest BCUT2D eigenvalue weighted by molar-refractivity contribution is 5.86. The fourth-order valence-electron chi connectivity index (χ4n) is 3.07. The van der Waals surface area contributed by atoms with Gasteiger partial charge in [0.25, 0.3) is 0 Å². The molecule has 0 spiro atoms. The van der Waals surface area contributed by atoms with Gasteiger partial charge in [-0.2, -0.15) is 15.1 Å². The summed E-state index contributed by atoms with van der Waals surface area (Å²) in [6, 6.07) is 5.88. The second-order valence-electron chi connectivity index (χ2n) is 6.11. The molecule has 0 amide bonds. The van der Waals surface area contributed by atoms with Crippen LogP contribution in [0.15, 0.2) is 30.6 Å². The Kier molecular flexibility index (Phi) is 3.64. The Bertz CT molecular complexity index is 844. The third-order valence-electron chi connectivity index (χ3n) is 4.42. The Balaban J connectivity index is 1.45. The highest BCUT2D eigenvalue weighted by Crippen LogP contribution is 2.25. The molecule has 24 heavy (non-hydrogen) atoms. The summed E-state index contributed by atoms with van der Waals surface area (Å²) in [6.45, 7) is 2.72. The van der Waals surface area contributed by atoms with Gasteiger partial charge in [0, 0.05) is 32.9 Å². The number of hydrogen-bond acceptors (Lipinski definition) is 7. The van der Waals surface area contributed by atoms with E-state index in [4.69, 9.17) is 5.73 Å². The highest BCUT2D eigenvalue weighted by atomic mass is 15.3. The van der Waals surface area contributed by atoms with Gasteiger partial charge in [-0.05, 0) is 24.5 Å². The summed E-state index contributed by atoms with van der Waals surface area (Å²) in [7, 11) is 1.86. The summed E-state index contributed by atoms with van der Waals surface area (Å²) in [5.74, 6) is 2.61. The van der Waals surface area contributed by atoms with Crippen LogP contribution >= 0.6 is 0 Å². The number of fused-ring (bicyclic) bond motifs is 1. The molecule has 3 N–H and O–H groups in total. The molecule has 1 aliphatic heterocycles. The van der Waals surface area contributed by atoms with Crippen molar-refractivity contribution in [3.05, 3.63) is 30.6 Å². The first-order chi connectivity index (χ1) is 11.7. The summed E-state index contributed by atoms with van der Waals surface area (Å²) in [5, 5.41) is 8.39. The average molecular weight is 324 g/mol. The van der Waals surface area contributed by atoms with E-state index in [0.29, 0.717) is 17.7 Å². The Labute approximate surface area is 139 Å². The molecule has 4 rings (SSSR count). The minimum atomic E-state index is 0.484. The summed E-state index contributed by atoms with van der Waals surface area (Å²) in [4.78, 5) is 15.6. The summed E-state index contributed by atoms with van der Waals surface area (Å²) in [6.07, 6.45) is 4.59. The van der Waals surface area contributed by atoms with Gasteiger partial charge in [0.05, 0.1) is 11.6 Å². The van der Waals surface area contributed by atoms with Crippen LogP contribution < -0.4 is 16.0 Å². The molecule has 124 valence electrons. The number of anilines is 3. The van der Waals surface area contributed by atoms with Crippen molar-refractivity contribution in [3.63, 3.8) is 0 Å². The van der Waals surface area contributed by atoms with Crippen LogP contribution in [0.25, 0.3) is 11.0 Å². The number of aryl methyl sites for hydroxylation is 1. The van der Waals surface area contributed by atoms with Crippen molar-refractivity contribution in [2.24, 2.45) is 13.0 Å². The fourth-order valence-corrected chi connectivity index (χ4v) is 3.07. The summed E-state index contributed by atoms with van der Waals surface area (Å²) >= 11 is 0. The van der Waals surface area contributed by atoms with Crippen molar-refractivity contribution in [1.82, 2.24) is 24.7 Å². The normalized spacial score (nSPS) is 17.5. The molecule has 0 aromatic carbocycles. The molecular formula is C16H20N8. The van der Waals surface area contributed by atoms with Crippen molar-refractivity contribution in [1.29, 1.82) is 0 Å². The molecule has 8 heteroatoms. The maximum atomic E-state index is 6.06. The monoisotopic (exact) mass is 324 g/mol. The number of nitrogens with zero attached hydrogens (tertiary/aromatic N) is 6. The van der Waals surface area contributed by atoms with Gasteiger partial charge in [-0.15, -0.1) is 0 Å². The zero-order chi connectivity index (χ0) is 16.5. The third kappa shape index (κ3) is 2.70. The van der Waals surface area contributed by atoms with Gasteiger partial charge < -0.3 is 16.0 Å². The van der Waals surface area contributed by atoms with Gasteiger partial charge in [-0.1, -0.05) is 6.07 Å². The second-order valence-corrected chi connectivity index (χ2v) is 6.11. The standard InChI is InChI=1S/C16H20N8/c1-23-15-12(9-20-23)14(17)21-16(22-15)24-7-5-11(10-24)8-19-13-4-2-3-6-18-13/h2-4,6,9,11H,5,7-8,10H2,1H3,(H,18,19)(H2,17,21,22). The molecular weight excluding hydrogens is 304 g/mol. The maximum absolute atomic E-state index is 6.06. The van der Waals surface area contributed by atoms with Gasteiger partial charge in [0.1, 0.15) is 11.6 Å². The summed E-state index contributed by atoms with van der Waals surface area (Å²) < 4.78 is 1.73. The first kappa shape index (κ1) is 14.7. The van der Waals surface area contributed by atoms with Crippen molar-refractivity contribution in [2.45, 2.75) is 6.42 Å². The molecule has 1 unspecified atom stereocenters. The molecule has 1 atom stereocenters. The molecule has 0 bridgehead atoms. The maximum Gasteiger partial charge on any atom is 0.229 e. The van der Waals surface area contributed by atoms with Crippen molar-refractivity contribution in [2.75, 3.05) is 35.6 Å². The Morgan fingerprint density at radius 1 is 1.33 bits per heavy atom. The first-order valence-corrected chi connectivity index (χ1v) is 8.06. The highest BCUT2D eigenvalue weighted by Gasteiger charge is 2.25. The van der Waals surface area contributed by atoms with E-state index in [1.54, 1.807) is 17.1 Å². The van der Waals surface area contributed by atoms with E-state index < -0.39 is 0 Å². The van der Waals surface area contributed by atoms with Gasteiger partial charge in [0.15, 0.2) is 5.65 Å². The van der Waals surface area contributed by atoms with Crippen LogP contribution in [0, 0.1) is 5.92 Å². The summed E-state index contributed by atoms with van der Waals surface area (Å²) in [5.41, 5.74) is 6.83. The SMILES string of the molecule is Cn1ncc2c(N)nc(N3CCC(CNc4ccccn4)C3)nc21. The van der Waals surface area contributed by atoms with Gasteiger partial charge in [-0.25, -0.2) is 4.98 Å². The lowest BCUT2D eigenvalue weighted by atomic mass is 10.1. The van der Waals surface area contributed by atoms with Crippen LogP contribution in [-0.2, 0) is 7.05 Å². The second kappa shape index (κ2) is 5.95. The molecule has 0 radical (unpaired) electrons. The van der Waals surface area contributed by atoms with Crippen LogP contribution in [0.2, 0.25) is 0 Å². The lowest BCUT2D eigenvalue weighted by molar-refractivity contribution is 0.620. The van der Waals surface area contributed by atoms with Crippen molar-refractivity contribution >= 4 is 28.6 Å². The average Bonchev–Trinajstić information content (AvgIpc) is 3.22. The van der Waals surface area contributed by atoms with Crippen molar-refractivity contribution < 1.29 is 0 Å². The van der Waals surface area contributed by atoms with Crippen LogP contribution in [0.3, 0.4) is 0 Å². The van der Waals surface area contributed by atoms with E-state index in [1.807, 2.05) is 25.2 Å². The lowest BCUT2D eigenvalue weighted by Crippen LogP contribution is -2.24. The largest absolute Gasteiger partial charge is 0.383 e. The lowest BCUT2D eigenvalue weighted by Gasteiger charge is -2.17. The molecule has 1 saturated heterocycles. The molecule has 8 nitrogen and oxygen atoms in total. The van der Waals surface area contributed by atoms with E-state index in [9.17, 15) is 0 Å². The number of rotatable bonds is 4. The van der Waals surface area contributed by atoms with Gasteiger partial charge in [0.2, 0.25) is 5.95 Å². The molecule has 3 aromatic heterocycles. The fraction of sp³-hybridized carbons (Fsp3) is 0.375. The molecule has 1 aliphatic rings. The Morgan fingerprint density at radius 2 is 2.25 bits per heavy atom. The minimum Gasteiger partial charge on any atom is -0.383 e. The van der Waals surface area contributed by atoms with Crippen LogP contribution in [-0.4, -0.2) is 44.4 Å². The van der Waals surface area contributed by atoms with Crippen LogP contribution in [0.1, 0.15) is 6.42 Å². The number of hydrogen-bond donors (Lipinski definition) is 2. The quantitative estimate of drug-likeness (QED) is 0.746. The number of pyridine rings is 1. The van der Waals surface area contributed by atoms with E-state index in [0.717, 1.165) is 42.9 Å². The molecule has 3 aromatic rings. The number of aromatic nitrogens is 5. The van der Waals surface area contributed by atoms with E-state index in [-0.39, 0.29) is 0 Å². The minimum absolute atomic E-state index is 0.484. The number of nitrogens with one attached hydrogen (secondary N) is 1. The third-order valence-corrected chi connectivity index (χ3v) is 4.42. The van der Waals surface area contributed by atoms with E-state index in [1.165, 1.54) is 0 Å². The predicted molar refractivity (Wildman–Crippen MR) is 93.8 cm³/mol. The zero-order valence-electron chi connectivity index (χ0n) is 13.6. The molecule has 4 heterocycles.